The fourth-order valence-corrected chi connectivity index (χ4v) is 2.88. The molecule has 0 spiro atoms. The Morgan fingerprint density at radius 3 is 2.70 bits per heavy atom. The summed E-state index contributed by atoms with van der Waals surface area (Å²) in [6.07, 6.45) is 0. The highest BCUT2D eigenvalue weighted by molar-refractivity contribution is 5.54. The second-order valence-corrected chi connectivity index (χ2v) is 6.51. The van der Waals surface area contributed by atoms with Crippen LogP contribution in [0.2, 0.25) is 0 Å². The highest BCUT2D eigenvalue weighted by Crippen LogP contribution is 2.28. The molecule has 3 rings (SSSR count). The van der Waals surface area contributed by atoms with E-state index in [1.54, 1.807) is 14.0 Å². The summed E-state index contributed by atoms with van der Waals surface area (Å²) >= 11 is 0. The van der Waals surface area contributed by atoms with Crippen LogP contribution in [0, 0.1) is 18.6 Å². The topological polar surface area (TPSA) is 38.5 Å². The van der Waals surface area contributed by atoms with Gasteiger partial charge in [0.25, 0.3) is 0 Å². The van der Waals surface area contributed by atoms with E-state index in [0.29, 0.717) is 18.0 Å². The lowest BCUT2D eigenvalue weighted by atomic mass is 10.1. The summed E-state index contributed by atoms with van der Waals surface area (Å²) in [7, 11) is 3.61. The molecule has 142 valence electrons. The molecule has 27 heavy (non-hydrogen) atoms. The predicted octanol–water partition coefficient (Wildman–Crippen LogP) is 5.13. The zero-order valence-electron chi connectivity index (χ0n) is 15.8. The van der Waals surface area contributed by atoms with Gasteiger partial charge in [0.2, 0.25) is 5.89 Å². The first kappa shape index (κ1) is 19.0. The van der Waals surface area contributed by atoms with Crippen LogP contribution in [0.3, 0.4) is 0 Å². The van der Waals surface area contributed by atoms with E-state index in [1.807, 2.05) is 31.3 Å². The number of nitrogens with zero attached hydrogens (tertiary/aromatic N) is 2. The quantitative estimate of drug-likeness (QED) is 0.601. The van der Waals surface area contributed by atoms with Crippen molar-refractivity contribution in [3.8, 4) is 17.2 Å². The van der Waals surface area contributed by atoms with E-state index in [2.05, 4.69) is 16.8 Å². The Kier molecular flexibility index (Phi) is 5.56. The molecule has 1 heterocycles. The lowest BCUT2D eigenvalue weighted by Crippen LogP contribution is -2.22. The zero-order valence-corrected chi connectivity index (χ0v) is 15.8. The summed E-state index contributed by atoms with van der Waals surface area (Å²) in [4.78, 5) is 6.49. The molecule has 4 nitrogen and oxygen atoms in total. The van der Waals surface area contributed by atoms with Gasteiger partial charge in [0.15, 0.2) is 0 Å². The molecule has 0 aliphatic heterocycles. The van der Waals surface area contributed by atoms with Crippen molar-refractivity contribution in [2.75, 3.05) is 14.2 Å². The maximum atomic E-state index is 14.0. The predicted molar refractivity (Wildman–Crippen MR) is 99.5 cm³/mol. The van der Waals surface area contributed by atoms with Crippen molar-refractivity contribution < 1.29 is 17.9 Å². The number of aromatic nitrogens is 1. The summed E-state index contributed by atoms with van der Waals surface area (Å²) < 4.78 is 38.3. The van der Waals surface area contributed by atoms with Crippen molar-refractivity contribution in [2.24, 2.45) is 0 Å². The van der Waals surface area contributed by atoms with Crippen molar-refractivity contribution in [3.05, 3.63) is 71.1 Å². The third-order valence-corrected chi connectivity index (χ3v) is 4.69. The van der Waals surface area contributed by atoms with Crippen molar-refractivity contribution >= 4 is 0 Å². The van der Waals surface area contributed by atoms with Gasteiger partial charge in [0.05, 0.1) is 18.4 Å². The standard InChI is InChI=1S/C21H22F2N2O2/c1-13(15-6-5-7-17(10-15)26-4)25(3)12-20-14(2)27-21(24-20)18-11-16(22)8-9-19(18)23/h5-11,13H,12H2,1-4H3. The Balaban J connectivity index is 1.81. The molecule has 0 saturated carbocycles. The maximum Gasteiger partial charge on any atom is 0.229 e. The third kappa shape index (κ3) is 4.17. The van der Waals surface area contributed by atoms with Crippen LogP contribution >= 0.6 is 0 Å². The lowest BCUT2D eigenvalue weighted by Gasteiger charge is -2.24. The molecule has 0 fully saturated rings. The van der Waals surface area contributed by atoms with Gasteiger partial charge >= 0.3 is 0 Å². The first-order chi connectivity index (χ1) is 12.9. The number of benzene rings is 2. The van der Waals surface area contributed by atoms with Crippen LogP contribution in [0.15, 0.2) is 46.9 Å². The van der Waals surface area contributed by atoms with E-state index in [0.717, 1.165) is 29.5 Å². The van der Waals surface area contributed by atoms with Crippen molar-refractivity contribution in [1.29, 1.82) is 0 Å². The number of aryl methyl sites for hydroxylation is 1. The number of hydrogen-bond acceptors (Lipinski definition) is 4. The third-order valence-electron chi connectivity index (χ3n) is 4.69. The second-order valence-electron chi connectivity index (χ2n) is 6.51. The van der Waals surface area contributed by atoms with Gasteiger partial charge in [-0.2, -0.15) is 0 Å². The molecule has 6 heteroatoms. The van der Waals surface area contributed by atoms with Crippen LogP contribution < -0.4 is 4.74 Å². The summed E-state index contributed by atoms with van der Waals surface area (Å²) in [6.45, 7) is 4.36. The van der Waals surface area contributed by atoms with Gasteiger partial charge < -0.3 is 9.15 Å². The first-order valence-corrected chi connectivity index (χ1v) is 8.65. The number of hydrogen-bond donors (Lipinski definition) is 0. The Bertz CT molecular complexity index is 940. The van der Waals surface area contributed by atoms with Gasteiger partial charge in [-0.1, -0.05) is 12.1 Å². The summed E-state index contributed by atoms with van der Waals surface area (Å²) in [5, 5.41) is 0. The minimum Gasteiger partial charge on any atom is -0.497 e. The van der Waals surface area contributed by atoms with E-state index in [1.165, 1.54) is 0 Å². The van der Waals surface area contributed by atoms with Crippen LogP contribution in [-0.4, -0.2) is 24.0 Å². The molecule has 1 atom stereocenters. The van der Waals surface area contributed by atoms with Gasteiger partial charge in [0.1, 0.15) is 23.1 Å². The number of methoxy groups -OCH3 is 1. The van der Waals surface area contributed by atoms with E-state index < -0.39 is 11.6 Å². The molecule has 0 saturated heterocycles. The Hall–Kier alpha value is -2.73. The normalized spacial score (nSPS) is 12.4. The summed E-state index contributed by atoms with van der Waals surface area (Å²) in [5.74, 6) is 0.365. The van der Waals surface area contributed by atoms with E-state index in [4.69, 9.17) is 9.15 Å². The molecule has 1 aromatic heterocycles. The Morgan fingerprint density at radius 1 is 1.19 bits per heavy atom. The number of halogens is 2. The van der Waals surface area contributed by atoms with Crippen LogP contribution in [0.4, 0.5) is 8.78 Å². The van der Waals surface area contributed by atoms with Crippen LogP contribution in [0.25, 0.3) is 11.5 Å². The molecule has 0 bridgehead atoms. The number of ether oxygens (including phenoxy) is 1. The smallest absolute Gasteiger partial charge is 0.229 e. The van der Waals surface area contributed by atoms with Crippen LogP contribution in [0.1, 0.15) is 30.0 Å². The largest absolute Gasteiger partial charge is 0.497 e. The molecule has 0 amide bonds. The van der Waals surface area contributed by atoms with Crippen LogP contribution in [-0.2, 0) is 6.54 Å². The van der Waals surface area contributed by atoms with Gasteiger partial charge in [-0.15, -0.1) is 0 Å². The van der Waals surface area contributed by atoms with E-state index in [9.17, 15) is 8.78 Å². The van der Waals surface area contributed by atoms with Crippen molar-refractivity contribution in [1.82, 2.24) is 9.88 Å². The molecular formula is C21H22F2N2O2. The SMILES string of the molecule is COc1cccc(C(C)N(C)Cc2nc(-c3cc(F)ccc3F)oc2C)c1. The maximum absolute atomic E-state index is 14.0. The lowest BCUT2D eigenvalue weighted by molar-refractivity contribution is 0.248. The van der Waals surface area contributed by atoms with Crippen molar-refractivity contribution in [2.45, 2.75) is 26.4 Å². The molecule has 2 aromatic carbocycles. The fraction of sp³-hybridized carbons (Fsp3) is 0.286. The summed E-state index contributed by atoms with van der Waals surface area (Å²) in [6, 6.07) is 11.2. The molecule has 3 aromatic rings. The van der Waals surface area contributed by atoms with Gasteiger partial charge in [-0.05, 0) is 56.8 Å². The molecular weight excluding hydrogens is 350 g/mol. The monoisotopic (exact) mass is 372 g/mol. The fourth-order valence-electron chi connectivity index (χ4n) is 2.88. The van der Waals surface area contributed by atoms with Gasteiger partial charge in [0, 0.05) is 12.6 Å². The Labute approximate surface area is 157 Å². The van der Waals surface area contributed by atoms with Crippen LogP contribution in [0.5, 0.6) is 5.75 Å². The minimum atomic E-state index is -0.567. The molecule has 0 N–H and O–H groups in total. The van der Waals surface area contributed by atoms with Crippen molar-refractivity contribution in [3.63, 3.8) is 0 Å². The van der Waals surface area contributed by atoms with Gasteiger partial charge in [-0.25, -0.2) is 13.8 Å². The average molecular weight is 372 g/mol. The zero-order chi connectivity index (χ0) is 19.6. The molecule has 0 radical (unpaired) electrons. The first-order valence-electron chi connectivity index (χ1n) is 8.65. The second kappa shape index (κ2) is 7.88. The number of rotatable bonds is 6. The molecule has 1 unspecified atom stereocenters. The summed E-state index contributed by atoms with van der Waals surface area (Å²) in [5.41, 5.74) is 1.81. The molecule has 0 aliphatic carbocycles. The van der Waals surface area contributed by atoms with E-state index in [-0.39, 0.29) is 17.5 Å². The highest BCUT2D eigenvalue weighted by atomic mass is 19.1. The number of oxazole rings is 1. The van der Waals surface area contributed by atoms with E-state index >= 15 is 0 Å². The highest BCUT2D eigenvalue weighted by Gasteiger charge is 2.19. The van der Waals surface area contributed by atoms with Gasteiger partial charge in [-0.3, -0.25) is 4.90 Å². The molecule has 0 aliphatic rings. The Morgan fingerprint density at radius 2 is 1.96 bits per heavy atom. The average Bonchev–Trinajstić information content (AvgIpc) is 3.03. The minimum absolute atomic E-state index is 0.0212.